The monoisotopic (exact) mass is 279 g/mol. The molecule has 0 fully saturated rings. The van der Waals surface area contributed by atoms with Crippen LogP contribution >= 0.6 is 0 Å². The molecule has 1 rings (SSSR count). The molecule has 1 aromatic rings. The quantitative estimate of drug-likeness (QED) is 0.899. The van der Waals surface area contributed by atoms with Gasteiger partial charge in [0.25, 0.3) is 0 Å². The number of carbonyl (C=O) groups excluding carboxylic acids is 1. The molecule has 1 unspecified atom stereocenters. The molecule has 4 heteroatoms. The lowest BCUT2D eigenvalue weighted by Crippen LogP contribution is -2.30. The summed E-state index contributed by atoms with van der Waals surface area (Å²) in [5.41, 5.74) is 0.920. The molecule has 0 radical (unpaired) electrons. The van der Waals surface area contributed by atoms with Gasteiger partial charge in [0.1, 0.15) is 11.5 Å². The Kier molecular flexibility index (Phi) is 5.43. The number of ether oxygens (including phenoxy) is 2. The predicted octanol–water partition coefficient (Wildman–Crippen LogP) is 3.32. The molecule has 20 heavy (non-hydrogen) atoms. The van der Waals surface area contributed by atoms with Crippen LogP contribution in [0.15, 0.2) is 18.2 Å². The SMILES string of the molecule is COc1ccc(C(C)NC(=O)CC(C)(C)C)c(OC)c1. The van der Waals surface area contributed by atoms with Crippen molar-refractivity contribution >= 4 is 5.91 Å². The van der Waals surface area contributed by atoms with E-state index in [0.717, 1.165) is 11.3 Å². The highest BCUT2D eigenvalue weighted by Gasteiger charge is 2.19. The molecular formula is C16H25NO3. The summed E-state index contributed by atoms with van der Waals surface area (Å²) in [6, 6.07) is 5.50. The van der Waals surface area contributed by atoms with Crippen molar-refractivity contribution < 1.29 is 14.3 Å². The molecule has 1 N–H and O–H groups in total. The van der Waals surface area contributed by atoms with Crippen molar-refractivity contribution in [3.63, 3.8) is 0 Å². The highest BCUT2D eigenvalue weighted by molar-refractivity contribution is 5.77. The first-order chi connectivity index (χ1) is 9.26. The molecule has 0 spiro atoms. The van der Waals surface area contributed by atoms with E-state index in [1.165, 1.54) is 0 Å². The van der Waals surface area contributed by atoms with Crippen molar-refractivity contribution in [2.45, 2.75) is 40.2 Å². The molecule has 0 aliphatic heterocycles. The van der Waals surface area contributed by atoms with Crippen molar-refractivity contribution in [2.75, 3.05) is 14.2 Å². The van der Waals surface area contributed by atoms with E-state index in [1.54, 1.807) is 14.2 Å². The van der Waals surface area contributed by atoms with Crippen LogP contribution in [0.2, 0.25) is 0 Å². The average Bonchev–Trinajstić information content (AvgIpc) is 2.35. The minimum Gasteiger partial charge on any atom is -0.497 e. The molecule has 1 amide bonds. The normalized spacial score (nSPS) is 12.7. The van der Waals surface area contributed by atoms with Crippen LogP contribution in [-0.4, -0.2) is 20.1 Å². The molecule has 1 aromatic carbocycles. The lowest BCUT2D eigenvalue weighted by atomic mass is 9.91. The van der Waals surface area contributed by atoms with Crippen LogP contribution in [0.4, 0.5) is 0 Å². The van der Waals surface area contributed by atoms with Crippen LogP contribution < -0.4 is 14.8 Å². The third-order valence-electron chi connectivity index (χ3n) is 2.98. The Hall–Kier alpha value is -1.71. The topological polar surface area (TPSA) is 47.6 Å². The molecule has 0 aliphatic rings. The number of hydrogen-bond donors (Lipinski definition) is 1. The zero-order chi connectivity index (χ0) is 15.3. The van der Waals surface area contributed by atoms with Crippen molar-refractivity contribution in [3.8, 4) is 11.5 Å². The Morgan fingerprint density at radius 1 is 1.25 bits per heavy atom. The Labute approximate surface area is 121 Å². The van der Waals surface area contributed by atoms with Gasteiger partial charge in [-0.25, -0.2) is 0 Å². The van der Waals surface area contributed by atoms with E-state index in [9.17, 15) is 4.79 Å². The van der Waals surface area contributed by atoms with Crippen LogP contribution in [0.1, 0.15) is 45.7 Å². The Bertz CT molecular complexity index is 463. The summed E-state index contributed by atoms with van der Waals surface area (Å²) in [7, 11) is 3.23. The molecule has 0 bridgehead atoms. The molecule has 0 aliphatic carbocycles. The van der Waals surface area contributed by atoms with Gasteiger partial charge in [0.2, 0.25) is 5.91 Å². The van der Waals surface area contributed by atoms with E-state index in [0.29, 0.717) is 12.2 Å². The molecule has 0 aromatic heterocycles. The number of amides is 1. The minimum absolute atomic E-state index is 0.0200. The minimum atomic E-state index is -0.106. The summed E-state index contributed by atoms with van der Waals surface area (Å²) >= 11 is 0. The van der Waals surface area contributed by atoms with Crippen molar-refractivity contribution in [1.29, 1.82) is 0 Å². The summed E-state index contributed by atoms with van der Waals surface area (Å²) in [5.74, 6) is 1.49. The third kappa shape index (κ3) is 4.76. The maximum absolute atomic E-state index is 12.0. The second-order valence-electron chi connectivity index (χ2n) is 6.13. The second kappa shape index (κ2) is 6.64. The van der Waals surface area contributed by atoms with Gasteiger partial charge in [-0.05, 0) is 24.5 Å². The van der Waals surface area contributed by atoms with E-state index in [-0.39, 0.29) is 17.4 Å². The van der Waals surface area contributed by atoms with E-state index in [1.807, 2.05) is 45.9 Å². The van der Waals surface area contributed by atoms with Gasteiger partial charge < -0.3 is 14.8 Å². The number of hydrogen-bond acceptors (Lipinski definition) is 3. The Balaban J connectivity index is 2.81. The molecule has 1 atom stereocenters. The highest BCUT2D eigenvalue weighted by atomic mass is 16.5. The van der Waals surface area contributed by atoms with Gasteiger partial charge in [-0.3, -0.25) is 4.79 Å². The fourth-order valence-corrected chi connectivity index (χ4v) is 2.03. The average molecular weight is 279 g/mol. The van der Waals surface area contributed by atoms with E-state index >= 15 is 0 Å². The fraction of sp³-hybridized carbons (Fsp3) is 0.562. The van der Waals surface area contributed by atoms with Gasteiger partial charge in [0.05, 0.1) is 20.3 Å². The fourth-order valence-electron chi connectivity index (χ4n) is 2.03. The number of carbonyl (C=O) groups is 1. The lowest BCUT2D eigenvalue weighted by molar-refractivity contribution is -0.123. The standard InChI is InChI=1S/C16H25NO3/c1-11(17-15(18)10-16(2,3)4)13-8-7-12(19-5)9-14(13)20-6/h7-9,11H,10H2,1-6H3,(H,17,18). The first-order valence-electron chi connectivity index (χ1n) is 6.78. The molecule has 0 saturated carbocycles. The Morgan fingerprint density at radius 3 is 2.40 bits per heavy atom. The first kappa shape index (κ1) is 16.3. The second-order valence-corrected chi connectivity index (χ2v) is 6.13. The van der Waals surface area contributed by atoms with Gasteiger partial charge in [-0.2, -0.15) is 0 Å². The van der Waals surface area contributed by atoms with E-state index in [2.05, 4.69) is 5.32 Å². The highest BCUT2D eigenvalue weighted by Crippen LogP contribution is 2.29. The number of benzene rings is 1. The molecule has 0 saturated heterocycles. The van der Waals surface area contributed by atoms with Crippen molar-refractivity contribution in [2.24, 2.45) is 5.41 Å². The Morgan fingerprint density at radius 2 is 1.90 bits per heavy atom. The van der Waals surface area contributed by atoms with Crippen molar-refractivity contribution in [1.82, 2.24) is 5.32 Å². The van der Waals surface area contributed by atoms with Gasteiger partial charge >= 0.3 is 0 Å². The van der Waals surface area contributed by atoms with Gasteiger partial charge in [-0.15, -0.1) is 0 Å². The van der Waals surface area contributed by atoms with Gasteiger partial charge in [0.15, 0.2) is 0 Å². The van der Waals surface area contributed by atoms with Crippen LogP contribution in [0.5, 0.6) is 11.5 Å². The number of nitrogens with one attached hydrogen (secondary N) is 1. The van der Waals surface area contributed by atoms with Crippen LogP contribution in [0.25, 0.3) is 0 Å². The molecule has 0 heterocycles. The van der Waals surface area contributed by atoms with Gasteiger partial charge in [-0.1, -0.05) is 20.8 Å². The van der Waals surface area contributed by atoms with Crippen LogP contribution in [-0.2, 0) is 4.79 Å². The van der Waals surface area contributed by atoms with Gasteiger partial charge in [0, 0.05) is 18.1 Å². The zero-order valence-corrected chi connectivity index (χ0v) is 13.2. The number of methoxy groups -OCH3 is 2. The van der Waals surface area contributed by atoms with E-state index < -0.39 is 0 Å². The summed E-state index contributed by atoms with van der Waals surface area (Å²) in [4.78, 5) is 12.0. The maximum Gasteiger partial charge on any atom is 0.220 e. The third-order valence-corrected chi connectivity index (χ3v) is 2.98. The largest absolute Gasteiger partial charge is 0.497 e. The van der Waals surface area contributed by atoms with Crippen LogP contribution in [0, 0.1) is 5.41 Å². The molecular weight excluding hydrogens is 254 g/mol. The maximum atomic E-state index is 12.0. The molecule has 112 valence electrons. The first-order valence-corrected chi connectivity index (χ1v) is 6.78. The van der Waals surface area contributed by atoms with E-state index in [4.69, 9.17) is 9.47 Å². The predicted molar refractivity (Wildman–Crippen MR) is 80.2 cm³/mol. The van der Waals surface area contributed by atoms with Crippen molar-refractivity contribution in [3.05, 3.63) is 23.8 Å². The summed E-state index contributed by atoms with van der Waals surface area (Å²) in [6.07, 6.45) is 0.496. The molecule has 4 nitrogen and oxygen atoms in total. The summed E-state index contributed by atoms with van der Waals surface area (Å²) in [6.45, 7) is 8.09. The summed E-state index contributed by atoms with van der Waals surface area (Å²) < 4.78 is 10.5. The smallest absolute Gasteiger partial charge is 0.220 e. The lowest BCUT2D eigenvalue weighted by Gasteiger charge is -2.21. The summed E-state index contributed by atoms with van der Waals surface area (Å²) in [5, 5.41) is 3.01. The number of rotatable bonds is 5. The zero-order valence-electron chi connectivity index (χ0n) is 13.2. The van der Waals surface area contributed by atoms with Crippen LogP contribution in [0.3, 0.4) is 0 Å².